The molecule has 0 saturated heterocycles. The Hall–Kier alpha value is -0.810. The Bertz CT molecular complexity index is 396. The van der Waals surface area contributed by atoms with E-state index in [-0.39, 0.29) is 5.15 Å². The molecule has 0 atom stereocenters. The summed E-state index contributed by atoms with van der Waals surface area (Å²) in [4.78, 5) is 3.76. The highest BCUT2D eigenvalue weighted by Gasteiger charge is 2.09. The molecule has 4 nitrogen and oxygen atoms in total. The lowest BCUT2D eigenvalue weighted by Crippen LogP contribution is -2.11. The molecule has 0 amide bonds. The lowest BCUT2D eigenvalue weighted by molar-refractivity contribution is 0.606. The SMILES string of the molecule is Cc1ccnc(Cl)c1NS(C)(=O)=O. The fourth-order valence-electron chi connectivity index (χ4n) is 0.833. The normalized spacial score (nSPS) is 11.3. The van der Waals surface area contributed by atoms with Crippen molar-refractivity contribution in [2.24, 2.45) is 0 Å². The summed E-state index contributed by atoms with van der Waals surface area (Å²) in [5, 5.41) is 0.158. The Labute approximate surface area is 82.0 Å². The molecule has 1 N–H and O–H groups in total. The van der Waals surface area contributed by atoms with E-state index in [1.807, 2.05) is 0 Å². The number of hydrogen-bond acceptors (Lipinski definition) is 3. The maximum absolute atomic E-state index is 10.9. The first-order valence-corrected chi connectivity index (χ1v) is 5.76. The first-order valence-electron chi connectivity index (χ1n) is 3.49. The van der Waals surface area contributed by atoms with Gasteiger partial charge in [0.25, 0.3) is 0 Å². The van der Waals surface area contributed by atoms with Gasteiger partial charge in [0.15, 0.2) is 5.15 Å². The monoisotopic (exact) mass is 220 g/mol. The molecule has 72 valence electrons. The average Bonchev–Trinajstić information content (AvgIpc) is 1.95. The first kappa shape index (κ1) is 10.3. The van der Waals surface area contributed by atoms with Gasteiger partial charge in [-0.2, -0.15) is 0 Å². The van der Waals surface area contributed by atoms with Crippen LogP contribution < -0.4 is 4.72 Å². The summed E-state index contributed by atoms with van der Waals surface area (Å²) in [6.07, 6.45) is 2.58. The van der Waals surface area contributed by atoms with E-state index in [9.17, 15) is 8.42 Å². The highest BCUT2D eigenvalue weighted by atomic mass is 35.5. The quantitative estimate of drug-likeness (QED) is 0.767. The Balaban J connectivity index is 3.15. The van der Waals surface area contributed by atoms with Crippen molar-refractivity contribution in [1.82, 2.24) is 4.98 Å². The molecule has 0 radical (unpaired) electrons. The fourth-order valence-corrected chi connectivity index (χ4v) is 1.77. The van der Waals surface area contributed by atoms with Crippen molar-refractivity contribution in [3.05, 3.63) is 23.0 Å². The van der Waals surface area contributed by atoms with Crippen LogP contribution in [0.1, 0.15) is 5.56 Å². The van der Waals surface area contributed by atoms with E-state index < -0.39 is 10.0 Å². The molecule has 13 heavy (non-hydrogen) atoms. The smallest absolute Gasteiger partial charge is 0.229 e. The molecular weight excluding hydrogens is 212 g/mol. The molecule has 1 aromatic heterocycles. The molecule has 1 rings (SSSR count). The predicted octanol–water partition coefficient (Wildman–Crippen LogP) is 1.41. The van der Waals surface area contributed by atoms with Gasteiger partial charge >= 0.3 is 0 Å². The van der Waals surface area contributed by atoms with Crippen LogP contribution in [0.25, 0.3) is 0 Å². The standard InChI is InChI=1S/C7H9ClN2O2S/c1-5-3-4-9-7(8)6(5)10-13(2,11)12/h3-4,10H,1-2H3. The van der Waals surface area contributed by atoms with Crippen LogP contribution in [0.5, 0.6) is 0 Å². The van der Waals surface area contributed by atoms with Gasteiger partial charge in [0.1, 0.15) is 0 Å². The number of nitrogens with one attached hydrogen (secondary N) is 1. The summed E-state index contributed by atoms with van der Waals surface area (Å²) in [5.74, 6) is 0. The van der Waals surface area contributed by atoms with Crippen LogP contribution in [-0.4, -0.2) is 19.7 Å². The minimum Gasteiger partial charge on any atom is -0.280 e. The van der Waals surface area contributed by atoms with Crippen molar-refractivity contribution >= 4 is 27.3 Å². The van der Waals surface area contributed by atoms with Crippen LogP contribution in [0.3, 0.4) is 0 Å². The molecule has 0 bridgehead atoms. The van der Waals surface area contributed by atoms with Crippen LogP contribution in [0, 0.1) is 6.92 Å². The number of rotatable bonds is 2. The molecule has 6 heteroatoms. The molecule has 1 heterocycles. The lowest BCUT2D eigenvalue weighted by Gasteiger charge is -2.07. The van der Waals surface area contributed by atoms with Gasteiger partial charge in [-0.25, -0.2) is 13.4 Å². The van der Waals surface area contributed by atoms with E-state index in [0.29, 0.717) is 5.69 Å². The van der Waals surface area contributed by atoms with E-state index in [0.717, 1.165) is 11.8 Å². The van der Waals surface area contributed by atoms with Crippen molar-refractivity contribution in [3.8, 4) is 0 Å². The van der Waals surface area contributed by atoms with Crippen LogP contribution in [-0.2, 0) is 10.0 Å². The molecule has 0 aliphatic carbocycles. The van der Waals surface area contributed by atoms with Crippen molar-refractivity contribution in [1.29, 1.82) is 0 Å². The molecule has 0 aliphatic rings. The molecular formula is C7H9ClN2O2S. The third-order valence-electron chi connectivity index (χ3n) is 1.40. The van der Waals surface area contributed by atoms with Crippen molar-refractivity contribution in [3.63, 3.8) is 0 Å². The van der Waals surface area contributed by atoms with E-state index in [1.165, 1.54) is 6.20 Å². The number of aromatic nitrogens is 1. The maximum Gasteiger partial charge on any atom is 0.229 e. The van der Waals surface area contributed by atoms with Crippen molar-refractivity contribution < 1.29 is 8.42 Å². The summed E-state index contributed by atoms with van der Waals surface area (Å²) in [7, 11) is -3.30. The Kier molecular flexibility index (Phi) is 2.77. The van der Waals surface area contributed by atoms with Gasteiger partial charge in [-0.15, -0.1) is 0 Å². The minimum atomic E-state index is -3.30. The second kappa shape index (κ2) is 3.51. The van der Waals surface area contributed by atoms with Gasteiger partial charge in [-0.1, -0.05) is 11.6 Å². The number of halogens is 1. The molecule has 0 unspecified atom stereocenters. The second-order valence-corrected chi connectivity index (χ2v) is 4.77. The summed E-state index contributed by atoms with van der Waals surface area (Å²) in [5.41, 5.74) is 1.08. The molecule has 0 spiro atoms. The highest BCUT2D eigenvalue weighted by Crippen LogP contribution is 2.23. The lowest BCUT2D eigenvalue weighted by atomic mass is 10.3. The van der Waals surface area contributed by atoms with Crippen molar-refractivity contribution in [2.45, 2.75) is 6.92 Å². The summed E-state index contributed by atoms with van der Waals surface area (Å²) < 4.78 is 24.1. The van der Waals surface area contributed by atoms with E-state index >= 15 is 0 Å². The zero-order valence-electron chi connectivity index (χ0n) is 7.20. The molecule has 0 aromatic carbocycles. The third kappa shape index (κ3) is 2.86. The number of sulfonamides is 1. The van der Waals surface area contributed by atoms with E-state index in [4.69, 9.17) is 11.6 Å². The van der Waals surface area contributed by atoms with E-state index in [1.54, 1.807) is 13.0 Å². The van der Waals surface area contributed by atoms with Gasteiger partial charge in [0, 0.05) is 6.20 Å². The fraction of sp³-hybridized carbons (Fsp3) is 0.286. The Morgan fingerprint density at radius 1 is 1.54 bits per heavy atom. The Morgan fingerprint density at radius 2 is 2.15 bits per heavy atom. The first-order chi connectivity index (χ1) is 5.90. The van der Waals surface area contributed by atoms with Gasteiger partial charge in [-0.05, 0) is 18.6 Å². The zero-order chi connectivity index (χ0) is 10.1. The minimum absolute atomic E-state index is 0.158. The van der Waals surface area contributed by atoms with E-state index in [2.05, 4.69) is 9.71 Å². The Morgan fingerprint density at radius 3 is 2.62 bits per heavy atom. The van der Waals surface area contributed by atoms with Gasteiger partial charge in [0.2, 0.25) is 10.0 Å². The van der Waals surface area contributed by atoms with Crippen LogP contribution in [0.2, 0.25) is 5.15 Å². The number of pyridine rings is 1. The maximum atomic E-state index is 10.9. The highest BCUT2D eigenvalue weighted by molar-refractivity contribution is 7.92. The molecule has 0 saturated carbocycles. The van der Waals surface area contributed by atoms with Crippen molar-refractivity contribution in [2.75, 3.05) is 11.0 Å². The molecule has 1 aromatic rings. The third-order valence-corrected chi connectivity index (χ3v) is 2.26. The zero-order valence-corrected chi connectivity index (χ0v) is 8.78. The number of hydrogen-bond donors (Lipinski definition) is 1. The average molecular weight is 221 g/mol. The number of anilines is 1. The van der Waals surface area contributed by atoms with Gasteiger partial charge in [0.05, 0.1) is 11.9 Å². The van der Waals surface area contributed by atoms with Crippen LogP contribution in [0.4, 0.5) is 5.69 Å². The van der Waals surface area contributed by atoms with Crippen LogP contribution >= 0.6 is 11.6 Å². The summed E-state index contributed by atoms with van der Waals surface area (Å²) in [6, 6.07) is 1.68. The predicted molar refractivity (Wildman–Crippen MR) is 52.5 cm³/mol. The number of aryl methyl sites for hydroxylation is 1. The molecule has 0 fully saturated rings. The molecule has 0 aliphatic heterocycles. The largest absolute Gasteiger partial charge is 0.280 e. The van der Waals surface area contributed by atoms with Crippen LogP contribution in [0.15, 0.2) is 12.3 Å². The summed E-state index contributed by atoms with van der Waals surface area (Å²) >= 11 is 5.70. The second-order valence-electron chi connectivity index (χ2n) is 2.67. The number of nitrogens with zero attached hydrogens (tertiary/aromatic N) is 1. The van der Waals surface area contributed by atoms with Gasteiger partial charge < -0.3 is 0 Å². The summed E-state index contributed by atoms with van der Waals surface area (Å²) in [6.45, 7) is 1.75. The topological polar surface area (TPSA) is 59.1 Å². The van der Waals surface area contributed by atoms with Gasteiger partial charge in [-0.3, -0.25) is 4.72 Å².